The normalized spacial score (nSPS) is 18.1. The Balaban J connectivity index is 0.00000220. The number of hydrogen-bond acceptors (Lipinski definition) is 3. The van der Waals surface area contributed by atoms with Gasteiger partial charge in [0.2, 0.25) is 0 Å². The Morgan fingerprint density at radius 2 is 2.10 bits per heavy atom. The molecule has 2 N–H and O–H groups in total. The molecule has 0 radical (unpaired) electrons. The van der Waals surface area contributed by atoms with Crippen LogP contribution in [0.1, 0.15) is 30.5 Å². The molecule has 1 aliphatic heterocycles. The van der Waals surface area contributed by atoms with Crippen molar-refractivity contribution in [3.05, 3.63) is 35.4 Å². The van der Waals surface area contributed by atoms with E-state index in [0.717, 1.165) is 19.4 Å². The van der Waals surface area contributed by atoms with Gasteiger partial charge in [0.05, 0.1) is 0 Å². The Kier molecular flexibility index (Phi) is 7.09. The van der Waals surface area contributed by atoms with Crippen molar-refractivity contribution in [3.63, 3.8) is 0 Å². The van der Waals surface area contributed by atoms with Crippen LogP contribution in [0.3, 0.4) is 0 Å². The number of nitrogens with zero attached hydrogens (tertiary/aromatic N) is 1. The highest BCUT2D eigenvalue weighted by molar-refractivity contribution is 7.87. The van der Waals surface area contributed by atoms with Crippen molar-refractivity contribution >= 4 is 22.6 Å². The van der Waals surface area contributed by atoms with Gasteiger partial charge < -0.3 is 5.32 Å². The van der Waals surface area contributed by atoms with Gasteiger partial charge in [0, 0.05) is 26.2 Å². The van der Waals surface area contributed by atoms with Crippen LogP contribution in [0.15, 0.2) is 24.3 Å². The van der Waals surface area contributed by atoms with Gasteiger partial charge in [-0.3, -0.25) is 0 Å². The standard InChI is InChI=1S/C14H23N3O2S.ClH/c1-3-10-17(2)20(18,19)16-11-14-13-7-5-4-6-12(13)8-9-15-14;/h4-7,14-16H,3,8-11H2,1-2H3;1H. The van der Waals surface area contributed by atoms with Crippen LogP contribution in [-0.4, -0.2) is 39.4 Å². The lowest BCUT2D eigenvalue weighted by molar-refractivity contribution is 0.441. The van der Waals surface area contributed by atoms with E-state index in [0.29, 0.717) is 13.1 Å². The van der Waals surface area contributed by atoms with Crippen molar-refractivity contribution in [2.24, 2.45) is 0 Å². The van der Waals surface area contributed by atoms with Crippen molar-refractivity contribution in [2.45, 2.75) is 25.8 Å². The third-order valence-corrected chi connectivity index (χ3v) is 5.17. The Bertz CT molecular complexity index is 551. The predicted molar refractivity (Wildman–Crippen MR) is 88.0 cm³/mol. The van der Waals surface area contributed by atoms with E-state index in [1.54, 1.807) is 7.05 Å². The number of benzene rings is 1. The highest BCUT2D eigenvalue weighted by Gasteiger charge is 2.22. The summed E-state index contributed by atoms with van der Waals surface area (Å²) in [6.07, 6.45) is 1.80. The van der Waals surface area contributed by atoms with Gasteiger partial charge in [-0.1, -0.05) is 31.2 Å². The summed E-state index contributed by atoms with van der Waals surface area (Å²) in [5, 5.41) is 3.37. The molecular formula is C14H24ClN3O2S. The first-order valence-electron chi connectivity index (χ1n) is 7.06. The van der Waals surface area contributed by atoms with E-state index >= 15 is 0 Å². The molecule has 1 aliphatic rings. The number of halogens is 1. The van der Waals surface area contributed by atoms with Crippen LogP contribution in [0.2, 0.25) is 0 Å². The summed E-state index contributed by atoms with van der Waals surface area (Å²) in [6.45, 7) is 3.76. The van der Waals surface area contributed by atoms with E-state index in [1.807, 2.05) is 19.1 Å². The number of rotatable bonds is 6. The van der Waals surface area contributed by atoms with Crippen molar-refractivity contribution in [1.82, 2.24) is 14.3 Å². The molecule has 0 bridgehead atoms. The maximum Gasteiger partial charge on any atom is 0.279 e. The molecule has 1 unspecified atom stereocenters. The third kappa shape index (κ3) is 4.66. The van der Waals surface area contributed by atoms with E-state index < -0.39 is 10.2 Å². The molecule has 21 heavy (non-hydrogen) atoms. The van der Waals surface area contributed by atoms with E-state index in [2.05, 4.69) is 22.2 Å². The van der Waals surface area contributed by atoms with Gasteiger partial charge in [-0.15, -0.1) is 12.4 Å². The lowest BCUT2D eigenvalue weighted by atomic mass is 9.95. The highest BCUT2D eigenvalue weighted by atomic mass is 35.5. The summed E-state index contributed by atoms with van der Waals surface area (Å²) in [6, 6.07) is 8.25. The summed E-state index contributed by atoms with van der Waals surface area (Å²) in [5.41, 5.74) is 2.50. The number of nitrogens with one attached hydrogen (secondary N) is 2. The Morgan fingerprint density at radius 1 is 1.38 bits per heavy atom. The first-order valence-corrected chi connectivity index (χ1v) is 8.50. The van der Waals surface area contributed by atoms with E-state index in [1.165, 1.54) is 15.4 Å². The van der Waals surface area contributed by atoms with Crippen molar-refractivity contribution in [1.29, 1.82) is 0 Å². The minimum atomic E-state index is -3.38. The van der Waals surface area contributed by atoms with Gasteiger partial charge in [0.1, 0.15) is 0 Å². The highest BCUT2D eigenvalue weighted by Crippen LogP contribution is 2.22. The molecule has 0 spiro atoms. The lowest BCUT2D eigenvalue weighted by Gasteiger charge is -2.28. The quantitative estimate of drug-likeness (QED) is 0.828. The fourth-order valence-corrected chi connectivity index (χ4v) is 3.53. The molecule has 1 heterocycles. The van der Waals surface area contributed by atoms with Gasteiger partial charge in [0.15, 0.2) is 0 Å². The van der Waals surface area contributed by atoms with Gasteiger partial charge in [-0.05, 0) is 30.5 Å². The van der Waals surface area contributed by atoms with Gasteiger partial charge in [-0.25, -0.2) is 4.72 Å². The minimum absolute atomic E-state index is 0. The van der Waals surface area contributed by atoms with Crippen LogP contribution in [0, 0.1) is 0 Å². The molecule has 1 aromatic carbocycles. The minimum Gasteiger partial charge on any atom is -0.308 e. The van der Waals surface area contributed by atoms with Crippen molar-refractivity contribution in [3.8, 4) is 0 Å². The topological polar surface area (TPSA) is 61.4 Å². The van der Waals surface area contributed by atoms with Crippen LogP contribution < -0.4 is 10.0 Å². The van der Waals surface area contributed by atoms with E-state index in [4.69, 9.17) is 0 Å². The summed E-state index contributed by atoms with van der Waals surface area (Å²) >= 11 is 0. The van der Waals surface area contributed by atoms with E-state index in [9.17, 15) is 8.42 Å². The zero-order valence-corrected chi connectivity index (χ0v) is 14.1. The summed E-state index contributed by atoms with van der Waals surface area (Å²) < 4.78 is 28.2. The average Bonchev–Trinajstić information content (AvgIpc) is 2.45. The van der Waals surface area contributed by atoms with Gasteiger partial charge in [0.25, 0.3) is 10.2 Å². The molecular weight excluding hydrogens is 310 g/mol. The smallest absolute Gasteiger partial charge is 0.279 e. The third-order valence-electron chi connectivity index (χ3n) is 3.63. The molecule has 5 nitrogen and oxygen atoms in total. The van der Waals surface area contributed by atoms with Crippen LogP contribution in [0.25, 0.3) is 0 Å². The Hall–Kier alpha value is -0.660. The molecule has 0 saturated heterocycles. The molecule has 7 heteroatoms. The zero-order valence-electron chi connectivity index (χ0n) is 12.5. The van der Waals surface area contributed by atoms with Gasteiger partial charge in [-0.2, -0.15) is 12.7 Å². The molecule has 1 aromatic rings. The molecule has 0 saturated carbocycles. The molecule has 0 aliphatic carbocycles. The van der Waals surface area contributed by atoms with Crippen LogP contribution in [0.5, 0.6) is 0 Å². The van der Waals surface area contributed by atoms with Crippen molar-refractivity contribution < 1.29 is 8.42 Å². The Labute approximate surface area is 133 Å². The van der Waals surface area contributed by atoms with E-state index in [-0.39, 0.29) is 18.4 Å². The fourth-order valence-electron chi connectivity index (χ4n) is 2.51. The first-order chi connectivity index (χ1) is 9.54. The molecule has 2 rings (SSSR count). The van der Waals surface area contributed by atoms with Gasteiger partial charge >= 0.3 is 0 Å². The summed E-state index contributed by atoms with van der Waals surface area (Å²) in [7, 11) is -1.78. The molecule has 0 aromatic heterocycles. The second kappa shape index (κ2) is 8.10. The second-order valence-electron chi connectivity index (χ2n) is 5.13. The second-order valence-corrected chi connectivity index (χ2v) is 6.99. The Morgan fingerprint density at radius 3 is 2.81 bits per heavy atom. The molecule has 0 amide bonds. The maximum absolute atomic E-state index is 12.1. The molecule has 120 valence electrons. The molecule has 1 atom stereocenters. The SMILES string of the molecule is CCCN(C)S(=O)(=O)NCC1NCCc2ccccc21.Cl. The fraction of sp³-hybridized carbons (Fsp3) is 0.571. The zero-order chi connectivity index (χ0) is 14.6. The van der Waals surface area contributed by atoms with Crippen LogP contribution >= 0.6 is 12.4 Å². The lowest BCUT2D eigenvalue weighted by Crippen LogP contribution is -2.44. The number of fused-ring (bicyclic) bond motifs is 1. The van der Waals surface area contributed by atoms with Crippen molar-refractivity contribution in [2.75, 3.05) is 26.7 Å². The van der Waals surface area contributed by atoms with Crippen LogP contribution in [0.4, 0.5) is 0 Å². The first kappa shape index (κ1) is 18.4. The van der Waals surface area contributed by atoms with Crippen LogP contribution in [-0.2, 0) is 16.6 Å². The predicted octanol–water partition coefficient (Wildman–Crippen LogP) is 1.47. The average molecular weight is 334 g/mol. The molecule has 0 fully saturated rings. The summed E-state index contributed by atoms with van der Waals surface area (Å²) in [4.78, 5) is 0. The largest absolute Gasteiger partial charge is 0.308 e. The number of hydrogen-bond donors (Lipinski definition) is 2. The monoisotopic (exact) mass is 333 g/mol. The summed E-state index contributed by atoms with van der Waals surface area (Å²) in [5.74, 6) is 0. The maximum atomic E-state index is 12.1.